The van der Waals surface area contributed by atoms with Crippen LogP contribution < -0.4 is 19.7 Å². The summed E-state index contributed by atoms with van der Waals surface area (Å²) >= 11 is 6.12. The van der Waals surface area contributed by atoms with E-state index in [0.29, 0.717) is 28.6 Å². The lowest BCUT2D eigenvalue weighted by atomic mass is 10.2. The van der Waals surface area contributed by atoms with Gasteiger partial charge in [-0.25, -0.2) is 4.98 Å². The Bertz CT molecular complexity index is 807. The Labute approximate surface area is 155 Å². The SMILES string of the molecule is O=C(NCc1ccc(N2CCOCC2)nc1)c1cc(Cl)c2c(c1)OCO2. The van der Waals surface area contributed by atoms with Crippen molar-refractivity contribution in [3.05, 3.63) is 46.6 Å². The van der Waals surface area contributed by atoms with E-state index < -0.39 is 0 Å². The van der Waals surface area contributed by atoms with Crippen LogP contribution in [0.2, 0.25) is 5.02 Å². The van der Waals surface area contributed by atoms with Gasteiger partial charge in [0.25, 0.3) is 5.91 Å². The van der Waals surface area contributed by atoms with Gasteiger partial charge >= 0.3 is 0 Å². The lowest BCUT2D eigenvalue weighted by molar-refractivity contribution is 0.0950. The van der Waals surface area contributed by atoms with Crippen LogP contribution in [0.5, 0.6) is 11.5 Å². The molecule has 7 nitrogen and oxygen atoms in total. The summed E-state index contributed by atoms with van der Waals surface area (Å²) in [6, 6.07) is 7.13. The third-order valence-electron chi connectivity index (χ3n) is 4.29. The molecule has 1 amide bonds. The Hall–Kier alpha value is -2.51. The molecule has 2 aliphatic heterocycles. The molecule has 8 heteroatoms. The average molecular weight is 376 g/mol. The first kappa shape index (κ1) is 16.9. The number of amides is 1. The highest BCUT2D eigenvalue weighted by Gasteiger charge is 2.20. The molecule has 0 saturated carbocycles. The number of hydrogen-bond donors (Lipinski definition) is 1. The molecule has 0 aliphatic carbocycles. The van der Waals surface area contributed by atoms with Crippen LogP contribution in [-0.4, -0.2) is 44.0 Å². The molecular formula is C18H18ClN3O4. The molecular weight excluding hydrogens is 358 g/mol. The summed E-state index contributed by atoms with van der Waals surface area (Å²) in [5.74, 6) is 1.65. The van der Waals surface area contributed by atoms with Crippen LogP contribution in [0, 0.1) is 0 Å². The van der Waals surface area contributed by atoms with Gasteiger partial charge in [0.15, 0.2) is 11.5 Å². The molecule has 1 aromatic carbocycles. The van der Waals surface area contributed by atoms with Crippen LogP contribution in [-0.2, 0) is 11.3 Å². The maximum atomic E-state index is 12.4. The topological polar surface area (TPSA) is 72.9 Å². The molecule has 2 aromatic rings. The van der Waals surface area contributed by atoms with Crippen molar-refractivity contribution >= 4 is 23.3 Å². The minimum atomic E-state index is -0.234. The second-order valence-electron chi connectivity index (χ2n) is 6.00. The number of rotatable bonds is 4. The fourth-order valence-corrected chi connectivity index (χ4v) is 3.15. The molecule has 0 atom stereocenters. The third-order valence-corrected chi connectivity index (χ3v) is 4.57. The van der Waals surface area contributed by atoms with Gasteiger partial charge in [0.1, 0.15) is 5.82 Å². The number of ether oxygens (including phenoxy) is 3. The first-order valence-electron chi connectivity index (χ1n) is 8.36. The summed E-state index contributed by atoms with van der Waals surface area (Å²) in [6.45, 7) is 3.61. The molecule has 26 heavy (non-hydrogen) atoms. The van der Waals surface area contributed by atoms with Crippen LogP contribution in [0.4, 0.5) is 5.82 Å². The number of benzene rings is 1. The molecule has 0 spiro atoms. The average Bonchev–Trinajstić information content (AvgIpc) is 3.16. The monoisotopic (exact) mass is 375 g/mol. The number of morpholine rings is 1. The number of carbonyl (C=O) groups is 1. The predicted molar refractivity (Wildman–Crippen MR) is 96.0 cm³/mol. The highest BCUT2D eigenvalue weighted by Crippen LogP contribution is 2.39. The van der Waals surface area contributed by atoms with E-state index in [-0.39, 0.29) is 12.7 Å². The van der Waals surface area contributed by atoms with Crippen molar-refractivity contribution in [3.8, 4) is 11.5 Å². The maximum Gasteiger partial charge on any atom is 0.251 e. The highest BCUT2D eigenvalue weighted by atomic mass is 35.5. The number of pyridine rings is 1. The van der Waals surface area contributed by atoms with Gasteiger partial charge in [-0.1, -0.05) is 17.7 Å². The fourth-order valence-electron chi connectivity index (χ4n) is 2.88. The largest absolute Gasteiger partial charge is 0.454 e. The summed E-state index contributed by atoms with van der Waals surface area (Å²) in [4.78, 5) is 19.0. The predicted octanol–water partition coefficient (Wildman–Crippen LogP) is 2.23. The number of hydrogen-bond acceptors (Lipinski definition) is 6. The van der Waals surface area contributed by atoms with E-state index >= 15 is 0 Å². The van der Waals surface area contributed by atoms with Crippen molar-refractivity contribution in [1.29, 1.82) is 0 Å². The summed E-state index contributed by atoms with van der Waals surface area (Å²) in [5, 5.41) is 3.23. The molecule has 1 saturated heterocycles. The molecule has 0 bridgehead atoms. The van der Waals surface area contributed by atoms with Crippen molar-refractivity contribution < 1.29 is 19.0 Å². The van der Waals surface area contributed by atoms with E-state index in [1.165, 1.54) is 0 Å². The number of anilines is 1. The Morgan fingerprint density at radius 1 is 1.23 bits per heavy atom. The minimum Gasteiger partial charge on any atom is -0.454 e. The zero-order valence-corrected chi connectivity index (χ0v) is 14.8. The first-order valence-corrected chi connectivity index (χ1v) is 8.73. The van der Waals surface area contributed by atoms with Crippen LogP contribution >= 0.6 is 11.6 Å². The fraction of sp³-hybridized carbons (Fsp3) is 0.333. The minimum absolute atomic E-state index is 0.112. The molecule has 1 N–H and O–H groups in total. The normalized spacial score (nSPS) is 15.8. The lowest BCUT2D eigenvalue weighted by Crippen LogP contribution is -2.36. The molecule has 136 valence electrons. The van der Waals surface area contributed by atoms with Crippen molar-refractivity contribution in [1.82, 2.24) is 10.3 Å². The van der Waals surface area contributed by atoms with E-state index in [1.54, 1.807) is 18.3 Å². The van der Waals surface area contributed by atoms with Crippen LogP contribution in [0.25, 0.3) is 0 Å². The van der Waals surface area contributed by atoms with E-state index in [0.717, 1.165) is 37.7 Å². The van der Waals surface area contributed by atoms with Crippen molar-refractivity contribution in [2.45, 2.75) is 6.54 Å². The number of fused-ring (bicyclic) bond motifs is 1. The Kier molecular flexibility index (Phi) is 4.81. The standard InChI is InChI=1S/C18H18ClN3O4/c19-14-7-13(8-15-17(14)26-11-25-15)18(23)21-10-12-1-2-16(20-9-12)22-3-5-24-6-4-22/h1-2,7-9H,3-6,10-11H2,(H,21,23). The van der Waals surface area contributed by atoms with Crippen LogP contribution in [0.1, 0.15) is 15.9 Å². The van der Waals surface area contributed by atoms with Gasteiger partial charge in [-0.2, -0.15) is 0 Å². The van der Waals surface area contributed by atoms with E-state index in [9.17, 15) is 4.79 Å². The maximum absolute atomic E-state index is 12.4. The van der Waals surface area contributed by atoms with Gasteiger partial charge in [-0.05, 0) is 23.8 Å². The van der Waals surface area contributed by atoms with Gasteiger partial charge < -0.3 is 24.4 Å². The number of aromatic nitrogens is 1. The van der Waals surface area contributed by atoms with Crippen LogP contribution in [0.3, 0.4) is 0 Å². The number of halogens is 1. The molecule has 1 fully saturated rings. The van der Waals surface area contributed by atoms with E-state index in [2.05, 4.69) is 15.2 Å². The summed E-state index contributed by atoms with van der Waals surface area (Å²) in [6.07, 6.45) is 1.78. The van der Waals surface area contributed by atoms with Crippen molar-refractivity contribution in [3.63, 3.8) is 0 Å². The zero-order valence-electron chi connectivity index (χ0n) is 14.0. The summed E-state index contributed by atoms with van der Waals surface area (Å²) in [5.41, 5.74) is 1.35. The molecule has 0 unspecified atom stereocenters. The van der Waals surface area contributed by atoms with Gasteiger partial charge in [0, 0.05) is 31.4 Å². The molecule has 4 rings (SSSR count). The Balaban J connectivity index is 1.38. The molecule has 2 aliphatic rings. The van der Waals surface area contributed by atoms with Crippen molar-refractivity contribution in [2.24, 2.45) is 0 Å². The smallest absolute Gasteiger partial charge is 0.251 e. The van der Waals surface area contributed by atoms with Gasteiger partial charge in [0.05, 0.1) is 18.2 Å². The first-order chi connectivity index (χ1) is 12.7. The van der Waals surface area contributed by atoms with Gasteiger partial charge in [0.2, 0.25) is 6.79 Å². The van der Waals surface area contributed by atoms with Crippen molar-refractivity contribution in [2.75, 3.05) is 38.0 Å². The Morgan fingerprint density at radius 2 is 2.08 bits per heavy atom. The molecule has 0 radical (unpaired) electrons. The molecule has 3 heterocycles. The van der Waals surface area contributed by atoms with E-state index in [4.69, 9.17) is 25.8 Å². The number of nitrogens with one attached hydrogen (secondary N) is 1. The number of nitrogens with zero attached hydrogens (tertiary/aromatic N) is 2. The zero-order chi connectivity index (χ0) is 17.9. The lowest BCUT2D eigenvalue weighted by Gasteiger charge is -2.27. The Morgan fingerprint density at radius 3 is 2.85 bits per heavy atom. The van der Waals surface area contributed by atoms with Crippen LogP contribution in [0.15, 0.2) is 30.5 Å². The second-order valence-corrected chi connectivity index (χ2v) is 6.41. The molecule has 1 aromatic heterocycles. The summed E-state index contributed by atoms with van der Waals surface area (Å²) in [7, 11) is 0. The number of carbonyl (C=O) groups excluding carboxylic acids is 1. The van der Waals surface area contributed by atoms with Gasteiger partial charge in [-0.3, -0.25) is 4.79 Å². The summed E-state index contributed by atoms with van der Waals surface area (Å²) < 4.78 is 15.9. The quantitative estimate of drug-likeness (QED) is 0.883. The third kappa shape index (κ3) is 3.54. The van der Waals surface area contributed by atoms with Gasteiger partial charge in [-0.15, -0.1) is 0 Å². The highest BCUT2D eigenvalue weighted by molar-refractivity contribution is 6.32. The van der Waals surface area contributed by atoms with E-state index in [1.807, 2.05) is 12.1 Å². The second kappa shape index (κ2) is 7.39.